The van der Waals surface area contributed by atoms with E-state index in [0.717, 1.165) is 34.4 Å². The van der Waals surface area contributed by atoms with Crippen molar-refractivity contribution in [3.05, 3.63) is 84.7 Å². The van der Waals surface area contributed by atoms with Crippen LogP contribution in [0.4, 0.5) is 10.6 Å². The summed E-state index contributed by atoms with van der Waals surface area (Å²) < 4.78 is 1.82. The molecule has 2 aromatic heterocycles. The van der Waals surface area contributed by atoms with E-state index in [1.165, 1.54) is 0 Å². The third-order valence-corrected chi connectivity index (χ3v) is 4.72. The van der Waals surface area contributed by atoms with Crippen LogP contribution in [0, 0.1) is 0 Å². The van der Waals surface area contributed by atoms with Crippen LogP contribution in [0.3, 0.4) is 0 Å². The number of urea groups is 1. The molecule has 152 valence electrons. The second-order valence-corrected chi connectivity index (χ2v) is 6.87. The molecule has 7 nitrogen and oxygen atoms in total. The Kier molecular flexibility index (Phi) is 6.19. The number of rotatable bonds is 8. The summed E-state index contributed by atoms with van der Waals surface area (Å²) in [5, 5.41) is 14.3. The van der Waals surface area contributed by atoms with Gasteiger partial charge in [-0.1, -0.05) is 30.3 Å². The molecule has 0 saturated heterocycles. The number of nitrogens with one attached hydrogen (secondary N) is 3. The Balaban J connectivity index is 1.14. The summed E-state index contributed by atoms with van der Waals surface area (Å²) in [6.45, 7) is 1.69. The minimum absolute atomic E-state index is 0.170. The van der Waals surface area contributed by atoms with E-state index in [0.29, 0.717) is 19.6 Å². The van der Waals surface area contributed by atoms with E-state index in [1.807, 2.05) is 65.5 Å². The molecule has 2 amide bonds. The second-order valence-electron chi connectivity index (χ2n) is 6.87. The van der Waals surface area contributed by atoms with Gasteiger partial charge in [-0.15, -0.1) is 0 Å². The molecular formula is C23H24N6O. The first-order valence-electron chi connectivity index (χ1n) is 9.98. The fraction of sp³-hybridized carbons (Fsp3) is 0.174. The van der Waals surface area contributed by atoms with Crippen molar-refractivity contribution in [3.8, 4) is 5.69 Å². The number of pyridine rings is 1. The lowest BCUT2D eigenvalue weighted by Crippen LogP contribution is -2.38. The van der Waals surface area contributed by atoms with Gasteiger partial charge in [-0.2, -0.15) is 5.10 Å². The zero-order valence-electron chi connectivity index (χ0n) is 16.6. The Hall–Kier alpha value is -3.87. The highest BCUT2D eigenvalue weighted by atomic mass is 16.2. The minimum Gasteiger partial charge on any atom is -0.368 e. The van der Waals surface area contributed by atoms with Crippen LogP contribution in [0.2, 0.25) is 0 Å². The first kappa shape index (κ1) is 19.4. The predicted octanol–water partition coefficient (Wildman–Crippen LogP) is 3.37. The van der Waals surface area contributed by atoms with Crippen molar-refractivity contribution < 1.29 is 4.79 Å². The summed E-state index contributed by atoms with van der Waals surface area (Å²) in [7, 11) is 0. The van der Waals surface area contributed by atoms with Crippen LogP contribution >= 0.6 is 0 Å². The predicted molar refractivity (Wildman–Crippen MR) is 119 cm³/mol. The van der Waals surface area contributed by atoms with Gasteiger partial charge in [0.25, 0.3) is 0 Å². The summed E-state index contributed by atoms with van der Waals surface area (Å²) in [6, 6.07) is 21.8. The van der Waals surface area contributed by atoms with Gasteiger partial charge < -0.3 is 16.0 Å². The monoisotopic (exact) mass is 400 g/mol. The van der Waals surface area contributed by atoms with Crippen LogP contribution in [0.1, 0.15) is 5.56 Å². The molecule has 2 heterocycles. The smallest absolute Gasteiger partial charge is 0.314 e. The molecule has 3 N–H and O–H groups in total. The average molecular weight is 400 g/mol. The molecule has 7 heteroatoms. The normalized spacial score (nSPS) is 10.7. The molecule has 0 radical (unpaired) electrons. The zero-order valence-corrected chi connectivity index (χ0v) is 16.6. The summed E-state index contributed by atoms with van der Waals surface area (Å²) in [5.41, 5.74) is 3.13. The lowest BCUT2D eigenvalue weighted by Gasteiger charge is -2.10. The van der Waals surface area contributed by atoms with Crippen LogP contribution in [-0.2, 0) is 6.42 Å². The maximum atomic E-state index is 12.0. The molecule has 0 aliphatic heterocycles. The van der Waals surface area contributed by atoms with Crippen LogP contribution in [0.15, 0.2) is 79.1 Å². The van der Waals surface area contributed by atoms with Crippen molar-refractivity contribution in [2.75, 3.05) is 25.0 Å². The van der Waals surface area contributed by atoms with E-state index >= 15 is 0 Å². The van der Waals surface area contributed by atoms with Crippen LogP contribution in [0.25, 0.3) is 16.6 Å². The number of hydrogen-bond donors (Lipinski definition) is 3. The molecular weight excluding hydrogens is 376 g/mol. The van der Waals surface area contributed by atoms with Crippen molar-refractivity contribution in [3.63, 3.8) is 0 Å². The maximum absolute atomic E-state index is 12.0. The molecule has 2 aromatic carbocycles. The fourth-order valence-electron chi connectivity index (χ4n) is 3.15. The number of carbonyl (C=O) groups excluding carboxylic acids is 1. The Morgan fingerprint density at radius 3 is 2.53 bits per heavy atom. The van der Waals surface area contributed by atoms with Crippen molar-refractivity contribution >= 4 is 22.8 Å². The largest absolute Gasteiger partial charge is 0.368 e. The first-order valence-corrected chi connectivity index (χ1v) is 9.98. The van der Waals surface area contributed by atoms with Crippen LogP contribution in [0.5, 0.6) is 0 Å². The van der Waals surface area contributed by atoms with Gasteiger partial charge in [0, 0.05) is 37.4 Å². The highest BCUT2D eigenvalue weighted by Gasteiger charge is 2.02. The summed E-state index contributed by atoms with van der Waals surface area (Å²) in [6.07, 6.45) is 4.43. The van der Waals surface area contributed by atoms with Gasteiger partial charge in [-0.25, -0.2) is 14.5 Å². The van der Waals surface area contributed by atoms with Gasteiger partial charge >= 0.3 is 6.03 Å². The van der Waals surface area contributed by atoms with Gasteiger partial charge in [-0.05, 0) is 48.4 Å². The number of amides is 2. The van der Waals surface area contributed by atoms with Gasteiger partial charge in [0.1, 0.15) is 5.82 Å². The third kappa shape index (κ3) is 5.14. The highest BCUT2D eigenvalue weighted by Crippen LogP contribution is 2.14. The van der Waals surface area contributed by atoms with Crippen molar-refractivity contribution in [1.29, 1.82) is 0 Å². The van der Waals surface area contributed by atoms with E-state index in [2.05, 4.69) is 38.2 Å². The minimum atomic E-state index is -0.170. The molecule has 4 aromatic rings. The number of para-hydroxylation sites is 1. The number of fused-ring (bicyclic) bond motifs is 1. The van der Waals surface area contributed by atoms with Crippen LogP contribution < -0.4 is 16.0 Å². The van der Waals surface area contributed by atoms with Gasteiger partial charge in [0.2, 0.25) is 0 Å². The fourth-order valence-corrected chi connectivity index (χ4v) is 3.15. The summed E-state index contributed by atoms with van der Waals surface area (Å²) in [5.74, 6) is 0.800. The lowest BCUT2D eigenvalue weighted by molar-refractivity contribution is 0.241. The SMILES string of the molecule is O=C(NCCNc1ccc2ccccc2n1)NCCc1ccc(-n2cccn2)cc1. The third-order valence-electron chi connectivity index (χ3n) is 4.72. The Labute approximate surface area is 175 Å². The average Bonchev–Trinajstić information content (AvgIpc) is 3.32. The maximum Gasteiger partial charge on any atom is 0.314 e. The van der Waals surface area contributed by atoms with Gasteiger partial charge in [0.05, 0.1) is 11.2 Å². The number of anilines is 1. The summed E-state index contributed by atoms with van der Waals surface area (Å²) in [4.78, 5) is 16.5. The number of nitrogens with zero attached hydrogens (tertiary/aromatic N) is 3. The van der Waals surface area contributed by atoms with E-state index < -0.39 is 0 Å². The van der Waals surface area contributed by atoms with E-state index in [-0.39, 0.29) is 6.03 Å². The molecule has 4 rings (SSSR count). The molecule has 0 spiro atoms. The molecule has 0 aliphatic rings. The molecule has 0 saturated carbocycles. The molecule has 0 fully saturated rings. The zero-order chi connectivity index (χ0) is 20.6. The quantitative estimate of drug-likeness (QED) is 0.396. The number of aromatic nitrogens is 3. The second kappa shape index (κ2) is 9.56. The van der Waals surface area contributed by atoms with Gasteiger partial charge in [-0.3, -0.25) is 0 Å². The first-order chi connectivity index (χ1) is 14.8. The topological polar surface area (TPSA) is 83.9 Å². The van der Waals surface area contributed by atoms with Crippen LogP contribution in [-0.4, -0.2) is 40.4 Å². The Morgan fingerprint density at radius 1 is 0.867 bits per heavy atom. The molecule has 0 aliphatic carbocycles. The van der Waals surface area contributed by atoms with Crippen molar-refractivity contribution in [2.24, 2.45) is 0 Å². The van der Waals surface area contributed by atoms with E-state index in [4.69, 9.17) is 0 Å². The Bertz CT molecular complexity index is 1090. The molecule has 0 atom stereocenters. The molecule has 30 heavy (non-hydrogen) atoms. The summed E-state index contributed by atoms with van der Waals surface area (Å²) >= 11 is 0. The van der Waals surface area contributed by atoms with E-state index in [1.54, 1.807) is 6.20 Å². The van der Waals surface area contributed by atoms with Gasteiger partial charge in [0.15, 0.2) is 0 Å². The standard InChI is InChI=1S/C23H24N6O/c30-23(25-14-12-18-6-9-20(10-7-18)29-17-3-13-27-29)26-16-15-24-22-11-8-19-4-1-2-5-21(19)28-22/h1-11,13,17H,12,14-16H2,(H,24,28)(H2,25,26,30). The van der Waals surface area contributed by atoms with Crippen molar-refractivity contribution in [1.82, 2.24) is 25.4 Å². The highest BCUT2D eigenvalue weighted by molar-refractivity contribution is 5.80. The molecule has 0 bridgehead atoms. The molecule has 0 unspecified atom stereocenters. The lowest BCUT2D eigenvalue weighted by atomic mass is 10.1. The number of carbonyl (C=O) groups is 1. The number of hydrogen-bond acceptors (Lipinski definition) is 4. The van der Waals surface area contributed by atoms with E-state index in [9.17, 15) is 4.79 Å². The Morgan fingerprint density at radius 2 is 1.70 bits per heavy atom. The van der Waals surface area contributed by atoms with Crippen molar-refractivity contribution in [2.45, 2.75) is 6.42 Å². The number of benzene rings is 2.